The standard InChI is InChI=1S/C9H19NO/c1-5-9(8(4)11)10-6-7(2)3/h7,9-10H,5-6H2,1-4H3/t9-/m1/s1. The first-order valence-electron chi connectivity index (χ1n) is 4.31. The SMILES string of the molecule is CC[C@@H](NCC(C)C)C(C)=O. The van der Waals surface area contributed by atoms with Gasteiger partial charge in [-0.1, -0.05) is 20.8 Å². The van der Waals surface area contributed by atoms with Gasteiger partial charge in [0.05, 0.1) is 6.04 Å². The minimum atomic E-state index is 0.0670. The number of nitrogens with one attached hydrogen (secondary N) is 1. The summed E-state index contributed by atoms with van der Waals surface area (Å²) in [6, 6.07) is 0.0670. The molecular weight excluding hydrogens is 138 g/mol. The smallest absolute Gasteiger partial charge is 0.146 e. The van der Waals surface area contributed by atoms with Gasteiger partial charge < -0.3 is 5.32 Å². The van der Waals surface area contributed by atoms with Crippen LogP contribution in [0.15, 0.2) is 0 Å². The number of rotatable bonds is 5. The molecule has 0 bridgehead atoms. The molecule has 0 aromatic rings. The van der Waals surface area contributed by atoms with Crippen LogP contribution in [-0.4, -0.2) is 18.4 Å². The number of carbonyl (C=O) groups excluding carboxylic acids is 1. The minimum Gasteiger partial charge on any atom is -0.307 e. The summed E-state index contributed by atoms with van der Waals surface area (Å²) < 4.78 is 0. The largest absolute Gasteiger partial charge is 0.307 e. The summed E-state index contributed by atoms with van der Waals surface area (Å²) in [7, 11) is 0. The highest BCUT2D eigenvalue weighted by Crippen LogP contribution is 1.95. The molecule has 0 amide bonds. The van der Waals surface area contributed by atoms with Crippen molar-refractivity contribution in [2.45, 2.75) is 40.2 Å². The third-order valence-electron chi connectivity index (χ3n) is 1.67. The van der Waals surface area contributed by atoms with Crippen molar-refractivity contribution in [2.24, 2.45) is 5.92 Å². The maximum absolute atomic E-state index is 10.9. The van der Waals surface area contributed by atoms with Gasteiger partial charge in [0.1, 0.15) is 5.78 Å². The molecule has 0 aliphatic carbocycles. The lowest BCUT2D eigenvalue weighted by molar-refractivity contribution is -0.119. The molecule has 66 valence electrons. The topological polar surface area (TPSA) is 29.1 Å². The number of ketones is 1. The monoisotopic (exact) mass is 157 g/mol. The molecule has 0 spiro atoms. The predicted molar refractivity (Wildman–Crippen MR) is 47.6 cm³/mol. The Labute approximate surface area is 69.4 Å². The van der Waals surface area contributed by atoms with Crippen molar-refractivity contribution in [1.82, 2.24) is 5.32 Å². The Morgan fingerprint density at radius 1 is 1.45 bits per heavy atom. The summed E-state index contributed by atoms with van der Waals surface area (Å²) in [5.74, 6) is 0.858. The van der Waals surface area contributed by atoms with Crippen molar-refractivity contribution >= 4 is 5.78 Å². The van der Waals surface area contributed by atoms with Crippen molar-refractivity contribution in [1.29, 1.82) is 0 Å². The second-order valence-corrected chi connectivity index (χ2v) is 3.37. The molecule has 0 aliphatic rings. The highest BCUT2D eigenvalue weighted by atomic mass is 16.1. The summed E-state index contributed by atoms with van der Waals surface area (Å²) in [6.45, 7) is 8.87. The maximum Gasteiger partial charge on any atom is 0.146 e. The highest BCUT2D eigenvalue weighted by molar-refractivity contribution is 5.81. The van der Waals surface area contributed by atoms with Crippen LogP contribution in [0.4, 0.5) is 0 Å². The van der Waals surface area contributed by atoms with Gasteiger partial charge in [0.2, 0.25) is 0 Å². The van der Waals surface area contributed by atoms with Gasteiger partial charge in [-0.15, -0.1) is 0 Å². The third-order valence-corrected chi connectivity index (χ3v) is 1.67. The lowest BCUT2D eigenvalue weighted by atomic mass is 10.1. The Bertz CT molecular complexity index is 121. The molecule has 0 saturated carbocycles. The fourth-order valence-corrected chi connectivity index (χ4v) is 0.953. The molecule has 0 aromatic carbocycles. The molecule has 0 unspecified atom stereocenters. The van der Waals surface area contributed by atoms with E-state index in [-0.39, 0.29) is 11.8 Å². The van der Waals surface area contributed by atoms with Crippen molar-refractivity contribution in [3.8, 4) is 0 Å². The Balaban J connectivity index is 3.61. The van der Waals surface area contributed by atoms with E-state index in [4.69, 9.17) is 0 Å². The molecule has 1 N–H and O–H groups in total. The molecule has 11 heavy (non-hydrogen) atoms. The van der Waals surface area contributed by atoms with Crippen LogP contribution in [0.5, 0.6) is 0 Å². The molecule has 0 rings (SSSR count). The minimum absolute atomic E-state index is 0.0670. The van der Waals surface area contributed by atoms with Gasteiger partial charge in [-0.2, -0.15) is 0 Å². The van der Waals surface area contributed by atoms with Gasteiger partial charge in [0, 0.05) is 0 Å². The summed E-state index contributed by atoms with van der Waals surface area (Å²) >= 11 is 0. The number of Topliss-reactive ketones (excluding diaryl/α,β-unsaturated/α-hetero) is 1. The third kappa shape index (κ3) is 4.96. The zero-order chi connectivity index (χ0) is 8.85. The summed E-state index contributed by atoms with van der Waals surface area (Å²) in [5.41, 5.74) is 0. The Morgan fingerprint density at radius 2 is 2.00 bits per heavy atom. The van der Waals surface area contributed by atoms with Gasteiger partial charge in [-0.3, -0.25) is 4.79 Å². The molecule has 0 heterocycles. The van der Waals surface area contributed by atoms with Crippen molar-refractivity contribution < 1.29 is 4.79 Å². The number of hydrogen-bond acceptors (Lipinski definition) is 2. The Morgan fingerprint density at radius 3 is 2.27 bits per heavy atom. The lowest BCUT2D eigenvalue weighted by Gasteiger charge is -2.14. The van der Waals surface area contributed by atoms with Gasteiger partial charge in [-0.05, 0) is 25.8 Å². The lowest BCUT2D eigenvalue weighted by Crippen LogP contribution is -2.36. The Hall–Kier alpha value is -0.370. The molecule has 2 heteroatoms. The Kier molecular flexibility index (Phi) is 5.12. The van der Waals surface area contributed by atoms with E-state index in [1.165, 1.54) is 0 Å². The van der Waals surface area contributed by atoms with E-state index in [0.29, 0.717) is 5.92 Å². The first kappa shape index (κ1) is 10.6. The van der Waals surface area contributed by atoms with E-state index in [1.807, 2.05) is 6.92 Å². The van der Waals surface area contributed by atoms with Crippen LogP contribution in [0.2, 0.25) is 0 Å². The maximum atomic E-state index is 10.9. The number of hydrogen-bond donors (Lipinski definition) is 1. The van der Waals surface area contributed by atoms with Crippen LogP contribution in [0.25, 0.3) is 0 Å². The average Bonchev–Trinajstić information content (AvgIpc) is 1.87. The van der Waals surface area contributed by atoms with Crippen LogP contribution in [0.1, 0.15) is 34.1 Å². The normalized spacial score (nSPS) is 13.5. The van der Waals surface area contributed by atoms with Crippen LogP contribution in [0.3, 0.4) is 0 Å². The van der Waals surface area contributed by atoms with E-state index < -0.39 is 0 Å². The average molecular weight is 157 g/mol. The fourth-order valence-electron chi connectivity index (χ4n) is 0.953. The van der Waals surface area contributed by atoms with Crippen LogP contribution < -0.4 is 5.32 Å². The second kappa shape index (κ2) is 5.30. The van der Waals surface area contributed by atoms with E-state index >= 15 is 0 Å². The van der Waals surface area contributed by atoms with Crippen molar-refractivity contribution in [3.63, 3.8) is 0 Å². The molecular formula is C9H19NO. The number of carbonyl (C=O) groups is 1. The highest BCUT2D eigenvalue weighted by Gasteiger charge is 2.10. The zero-order valence-electron chi connectivity index (χ0n) is 7.98. The molecule has 0 aromatic heterocycles. The van der Waals surface area contributed by atoms with Gasteiger partial charge in [0.25, 0.3) is 0 Å². The van der Waals surface area contributed by atoms with E-state index in [1.54, 1.807) is 6.92 Å². The van der Waals surface area contributed by atoms with Gasteiger partial charge in [-0.25, -0.2) is 0 Å². The zero-order valence-corrected chi connectivity index (χ0v) is 7.98. The van der Waals surface area contributed by atoms with E-state index in [0.717, 1.165) is 13.0 Å². The predicted octanol–water partition coefficient (Wildman–Crippen LogP) is 1.60. The van der Waals surface area contributed by atoms with E-state index in [2.05, 4.69) is 19.2 Å². The van der Waals surface area contributed by atoms with Crippen molar-refractivity contribution in [3.05, 3.63) is 0 Å². The van der Waals surface area contributed by atoms with E-state index in [9.17, 15) is 4.79 Å². The molecule has 0 fully saturated rings. The summed E-state index contributed by atoms with van der Waals surface area (Å²) in [5, 5.41) is 3.22. The second-order valence-electron chi connectivity index (χ2n) is 3.37. The quantitative estimate of drug-likeness (QED) is 0.656. The molecule has 0 aliphatic heterocycles. The summed E-state index contributed by atoms with van der Waals surface area (Å²) in [6.07, 6.45) is 0.891. The van der Waals surface area contributed by atoms with Crippen LogP contribution in [0, 0.1) is 5.92 Å². The molecule has 0 saturated heterocycles. The molecule has 2 nitrogen and oxygen atoms in total. The summed E-state index contributed by atoms with van der Waals surface area (Å²) in [4.78, 5) is 10.9. The van der Waals surface area contributed by atoms with Crippen LogP contribution >= 0.6 is 0 Å². The first-order chi connectivity index (χ1) is 5.07. The van der Waals surface area contributed by atoms with Crippen molar-refractivity contribution in [2.75, 3.05) is 6.54 Å². The molecule has 1 atom stereocenters. The van der Waals surface area contributed by atoms with Crippen LogP contribution in [-0.2, 0) is 4.79 Å². The fraction of sp³-hybridized carbons (Fsp3) is 0.889. The molecule has 0 radical (unpaired) electrons. The van der Waals surface area contributed by atoms with Gasteiger partial charge >= 0.3 is 0 Å². The first-order valence-corrected chi connectivity index (χ1v) is 4.31. The van der Waals surface area contributed by atoms with Gasteiger partial charge in [0.15, 0.2) is 0 Å².